The minimum atomic E-state index is 0.437. The molecule has 106 valence electrons. The Morgan fingerprint density at radius 3 is 2.65 bits per heavy atom. The largest absolute Gasteiger partial charge is 0.496 e. The zero-order chi connectivity index (χ0) is 14.5. The predicted octanol–water partition coefficient (Wildman–Crippen LogP) is 4.18. The summed E-state index contributed by atoms with van der Waals surface area (Å²) in [5.74, 6) is 1.76. The highest BCUT2D eigenvalue weighted by atomic mass is 79.9. The first-order chi connectivity index (χ1) is 9.67. The Balaban J connectivity index is 2.19. The smallest absolute Gasteiger partial charge is 0.131 e. The number of methoxy groups -OCH3 is 1. The van der Waals surface area contributed by atoms with Crippen LogP contribution in [0.3, 0.4) is 0 Å². The van der Waals surface area contributed by atoms with E-state index in [1.165, 1.54) is 0 Å². The highest BCUT2D eigenvalue weighted by molar-refractivity contribution is 9.08. The van der Waals surface area contributed by atoms with E-state index in [4.69, 9.17) is 9.47 Å². The quantitative estimate of drug-likeness (QED) is 0.768. The monoisotopic (exact) mass is 335 g/mol. The van der Waals surface area contributed by atoms with Crippen LogP contribution in [0.25, 0.3) is 0 Å². The van der Waals surface area contributed by atoms with Crippen molar-refractivity contribution >= 4 is 15.9 Å². The average molecular weight is 336 g/mol. The highest BCUT2D eigenvalue weighted by Crippen LogP contribution is 2.26. The zero-order valence-corrected chi connectivity index (χ0v) is 13.5. The van der Waals surface area contributed by atoms with Gasteiger partial charge in [-0.25, -0.2) is 0 Å². The van der Waals surface area contributed by atoms with Crippen molar-refractivity contribution in [1.82, 2.24) is 4.98 Å². The molecule has 0 amide bonds. The van der Waals surface area contributed by atoms with Crippen molar-refractivity contribution in [3.8, 4) is 11.5 Å². The van der Waals surface area contributed by atoms with Gasteiger partial charge in [-0.05, 0) is 19.9 Å². The Labute approximate surface area is 128 Å². The summed E-state index contributed by atoms with van der Waals surface area (Å²) in [6.45, 7) is 4.43. The predicted molar refractivity (Wildman–Crippen MR) is 83.7 cm³/mol. The van der Waals surface area contributed by atoms with Crippen LogP contribution < -0.4 is 9.47 Å². The van der Waals surface area contributed by atoms with E-state index in [-0.39, 0.29) is 0 Å². The van der Waals surface area contributed by atoms with Crippen LogP contribution in [0.15, 0.2) is 30.5 Å². The van der Waals surface area contributed by atoms with Gasteiger partial charge in [-0.1, -0.05) is 34.1 Å². The molecule has 0 atom stereocenters. The number of rotatable bonds is 5. The summed E-state index contributed by atoms with van der Waals surface area (Å²) in [5, 5.41) is 0.771. The van der Waals surface area contributed by atoms with Gasteiger partial charge in [-0.3, -0.25) is 4.98 Å². The summed E-state index contributed by atoms with van der Waals surface area (Å²) in [7, 11) is 1.68. The third kappa shape index (κ3) is 3.12. The molecule has 0 N–H and O–H groups in total. The number of ether oxygens (including phenoxy) is 2. The number of pyridine rings is 1. The third-order valence-corrected chi connectivity index (χ3v) is 3.83. The van der Waals surface area contributed by atoms with Crippen molar-refractivity contribution in [2.45, 2.75) is 25.8 Å². The molecule has 0 fully saturated rings. The van der Waals surface area contributed by atoms with Crippen LogP contribution >= 0.6 is 15.9 Å². The normalized spacial score (nSPS) is 10.4. The van der Waals surface area contributed by atoms with E-state index in [0.717, 1.165) is 39.2 Å². The molecule has 1 heterocycles. The van der Waals surface area contributed by atoms with Crippen molar-refractivity contribution in [3.05, 3.63) is 52.8 Å². The van der Waals surface area contributed by atoms with Gasteiger partial charge in [0, 0.05) is 28.2 Å². The van der Waals surface area contributed by atoms with Gasteiger partial charge >= 0.3 is 0 Å². The van der Waals surface area contributed by atoms with Crippen molar-refractivity contribution < 1.29 is 9.47 Å². The fraction of sp³-hybridized carbons (Fsp3) is 0.312. The number of benzene rings is 1. The number of alkyl halides is 1. The molecule has 20 heavy (non-hydrogen) atoms. The number of aromatic nitrogens is 1. The molecule has 0 bridgehead atoms. The molecule has 1 aromatic carbocycles. The lowest BCUT2D eigenvalue weighted by atomic mass is 10.1. The van der Waals surface area contributed by atoms with Gasteiger partial charge in [0.1, 0.15) is 18.1 Å². The summed E-state index contributed by atoms with van der Waals surface area (Å²) in [6.07, 6.45) is 1.82. The number of para-hydroxylation sites is 1. The summed E-state index contributed by atoms with van der Waals surface area (Å²) in [5.41, 5.74) is 4.10. The second-order valence-electron chi connectivity index (χ2n) is 4.58. The van der Waals surface area contributed by atoms with Crippen molar-refractivity contribution in [1.29, 1.82) is 0 Å². The van der Waals surface area contributed by atoms with Gasteiger partial charge < -0.3 is 9.47 Å². The first kappa shape index (κ1) is 14.9. The van der Waals surface area contributed by atoms with Gasteiger partial charge in [0.2, 0.25) is 0 Å². The van der Waals surface area contributed by atoms with Crippen LogP contribution in [0.5, 0.6) is 11.5 Å². The van der Waals surface area contributed by atoms with Crippen LogP contribution in [0.4, 0.5) is 0 Å². The van der Waals surface area contributed by atoms with E-state index in [2.05, 4.69) is 20.9 Å². The van der Waals surface area contributed by atoms with Gasteiger partial charge in [0.15, 0.2) is 0 Å². The van der Waals surface area contributed by atoms with E-state index in [9.17, 15) is 0 Å². The van der Waals surface area contributed by atoms with Gasteiger partial charge in [0.05, 0.1) is 12.8 Å². The number of hydrogen-bond donors (Lipinski definition) is 0. The van der Waals surface area contributed by atoms with Crippen molar-refractivity contribution in [2.24, 2.45) is 0 Å². The maximum Gasteiger partial charge on any atom is 0.131 e. The number of hydrogen-bond acceptors (Lipinski definition) is 3. The van der Waals surface area contributed by atoms with Gasteiger partial charge in [-0.15, -0.1) is 0 Å². The number of nitrogens with zero attached hydrogens (tertiary/aromatic N) is 1. The van der Waals surface area contributed by atoms with E-state index in [1.54, 1.807) is 7.11 Å². The Kier molecular flexibility index (Phi) is 5.01. The molecule has 0 unspecified atom stereocenters. The Morgan fingerprint density at radius 2 is 1.95 bits per heavy atom. The standard InChI is InChI=1S/C16H18BrNO2/c1-11-9-18-14(12(2)16(11)19-3)10-20-15-7-5-4-6-13(15)8-17/h4-7,9H,8,10H2,1-3H3. The highest BCUT2D eigenvalue weighted by Gasteiger charge is 2.10. The number of halogens is 1. The fourth-order valence-corrected chi connectivity index (χ4v) is 2.58. The fourth-order valence-electron chi connectivity index (χ4n) is 2.12. The molecule has 0 aliphatic carbocycles. The molecule has 0 saturated heterocycles. The lowest BCUT2D eigenvalue weighted by Crippen LogP contribution is -2.04. The molecule has 4 heteroatoms. The lowest BCUT2D eigenvalue weighted by molar-refractivity contribution is 0.296. The van der Waals surface area contributed by atoms with E-state index in [0.29, 0.717) is 6.61 Å². The van der Waals surface area contributed by atoms with Crippen molar-refractivity contribution in [2.75, 3.05) is 7.11 Å². The lowest BCUT2D eigenvalue weighted by Gasteiger charge is -2.14. The van der Waals surface area contributed by atoms with Gasteiger partial charge in [0.25, 0.3) is 0 Å². The SMILES string of the molecule is COc1c(C)cnc(COc2ccccc2CBr)c1C. The molecule has 3 nitrogen and oxygen atoms in total. The van der Waals surface area contributed by atoms with Crippen molar-refractivity contribution in [3.63, 3.8) is 0 Å². The second-order valence-corrected chi connectivity index (χ2v) is 5.14. The zero-order valence-electron chi connectivity index (χ0n) is 11.9. The molecule has 0 spiro atoms. The van der Waals surface area contributed by atoms with Crippen LogP contribution in [-0.4, -0.2) is 12.1 Å². The molecule has 2 rings (SSSR count). The first-order valence-corrected chi connectivity index (χ1v) is 7.55. The van der Waals surface area contributed by atoms with E-state index >= 15 is 0 Å². The molecular formula is C16H18BrNO2. The minimum absolute atomic E-state index is 0.437. The minimum Gasteiger partial charge on any atom is -0.496 e. The summed E-state index contributed by atoms with van der Waals surface area (Å²) < 4.78 is 11.3. The first-order valence-electron chi connectivity index (χ1n) is 6.43. The van der Waals surface area contributed by atoms with Crippen LogP contribution in [0.2, 0.25) is 0 Å². The summed E-state index contributed by atoms with van der Waals surface area (Å²) in [6, 6.07) is 7.98. The van der Waals surface area contributed by atoms with Gasteiger partial charge in [-0.2, -0.15) is 0 Å². The van der Waals surface area contributed by atoms with Crippen LogP contribution in [0, 0.1) is 13.8 Å². The van der Waals surface area contributed by atoms with E-state index < -0.39 is 0 Å². The molecule has 2 aromatic rings. The summed E-state index contributed by atoms with van der Waals surface area (Å²) >= 11 is 3.47. The Bertz CT molecular complexity index is 599. The Morgan fingerprint density at radius 1 is 1.20 bits per heavy atom. The maximum absolute atomic E-state index is 5.89. The molecule has 0 radical (unpaired) electrons. The molecule has 0 aliphatic heterocycles. The second kappa shape index (κ2) is 6.75. The number of aryl methyl sites for hydroxylation is 1. The van der Waals surface area contributed by atoms with E-state index in [1.807, 2.05) is 44.3 Å². The summed E-state index contributed by atoms with van der Waals surface area (Å²) in [4.78, 5) is 4.44. The molecule has 0 aliphatic rings. The van der Waals surface area contributed by atoms with Crippen LogP contribution in [-0.2, 0) is 11.9 Å². The molecule has 0 saturated carbocycles. The third-order valence-electron chi connectivity index (χ3n) is 3.23. The maximum atomic E-state index is 5.89. The molecular weight excluding hydrogens is 318 g/mol. The van der Waals surface area contributed by atoms with Crippen LogP contribution in [0.1, 0.15) is 22.4 Å². The Hall–Kier alpha value is -1.55. The topological polar surface area (TPSA) is 31.4 Å². The molecule has 1 aromatic heterocycles. The average Bonchev–Trinajstić information content (AvgIpc) is 2.47.